The van der Waals surface area contributed by atoms with Crippen molar-refractivity contribution < 1.29 is 4.74 Å². The van der Waals surface area contributed by atoms with Gasteiger partial charge in [-0.2, -0.15) is 0 Å². The van der Waals surface area contributed by atoms with Crippen LogP contribution in [0.3, 0.4) is 0 Å². The zero-order valence-corrected chi connectivity index (χ0v) is 7.86. The zero-order valence-electron chi connectivity index (χ0n) is 7.86. The summed E-state index contributed by atoms with van der Waals surface area (Å²) in [4.78, 5) is 0. The predicted molar refractivity (Wildman–Crippen MR) is 52.6 cm³/mol. The number of hydrogen-bond acceptors (Lipinski definition) is 2. The number of nitrogens with one attached hydrogen (secondary N) is 1. The topological polar surface area (TPSA) is 21.3 Å². The summed E-state index contributed by atoms with van der Waals surface area (Å²) in [6.07, 6.45) is 0. The molecule has 2 heteroatoms. The first kappa shape index (κ1) is 8.73. The van der Waals surface area contributed by atoms with Crippen molar-refractivity contribution >= 4 is 0 Å². The van der Waals surface area contributed by atoms with Crippen LogP contribution in [0, 0.1) is 5.92 Å². The average Bonchev–Trinajstić information content (AvgIpc) is 2.14. The van der Waals surface area contributed by atoms with Crippen LogP contribution in [0.5, 0.6) is 0 Å². The normalized spacial score (nSPS) is 26.8. The third kappa shape index (κ3) is 1.74. The molecule has 0 aromatic heterocycles. The quantitative estimate of drug-likeness (QED) is 0.757. The maximum absolute atomic E-state index is 5.16. The molecule has 0 bridgehead atoms. The summed E-state index contributed by atoms with van der Waals surface area (Å²) >= 11 is 0. The van der Waals surface area contributed by atoms with Gasteiger partial charge in [0, 0.05) is 25.6 Å². The number of benzene rings is 1. The van der Waals surface area contributed by atoms with E-state index in [0.29, 0.717) is 12.0 Å². The second kappa shape index (κ2) is 3.90. The van der Waals surface area contributed by atoms with E-state index in [1.54, 1.807) is 7.11 Å². The van der Waals surface area contributed by atoms with Gasteiger partial charge in [0.25, 0.3) is 0 Å². The maximum Gasteiger partial charge on any atom is 0.0520 e. The minimum absolute atomic E-state index is 0.501. The molecule has 0 spiro atoms. The Morgan fingerprint density at radius 1 is 1.38 bits per heavy atom. The molecule has 70 valence electrons. The van der Waals surface area contributed by atoms with Crippen LogP contribution in [0.4, 0.5) is 0 Å². The highest BCUT2D eigenvalue weighted by atomic mass is 16.5. The van der Waals surface area contributed by atoms with Gasteiger partial charge in [-0.15, -0.1) is 0 Å². The number of methoxy groups -OCH3 is 1. The Bertz CT molecular complexity index is 260. The Morgan fingerprint density at radius 2 is 2.15 bits per heavy atom. The number of rotatable bonds is 3. The van der Waals surface area contributed by atoms with Gasteiger partial charge in [0.2, 0.25) is 0 Å². The second-order valence-electron chi connectivity index (χ2n) is 3.51. The van der Waals surface area contributed by atoms with E-state index in [-0.39, 0.29) is 0 Å². The summed E-state index contributed by atoms with van der Waals surface area (Å²) in [5, 5.41) is 3.42. The summed E-state index contributed by atoms with van der Waals surface area (Å²) in [7, 11) is 1.76. The molecule has 0 amide bonds. The lowest BCUT2D eigenvalue weighted by Gasteiger charge is -2.38. The third-order valence-electron chi connectivity index (χ3n) is 2.61. The minimum atomic E-state index is 0.501. The number of ether oxygens (including phenoxy) is 1. The molecule has 1 heterocycles. The smallest absolute Gasteiger partial charge is 0.0520 e. The Morgan fingerprint density at radius 3 is 2.69 bits per heavy atom. The molecule has 0 saturated carbocycles. The molecule has 13 heavy (non-hydrogen) atoms. The molecule has 2 atom stereocenters. The van der Waals surface area contributed by atoms with Crippen LogP contribution in [-0.2, 0) is 4.74 Å². The van der Waals surface area contributed by atoms with E-state index in [0.717, 1.165) is 13.2 Å². The number of hydrogen-bond donors (Lipinski definition) is 1. The van der Waals surface area contributed by atoms with Gasteiger partial charge in [-0.3, -0.25) is 0 Å². The summed E-state index contributed by atoms with van der Waals surface area (Å²) < 4.78 is 5.16. The monoisotopic (exact) mass is 177 g/mol. The highest BCUT2D eigenvalue weighted by Crippen LogP contribution is 2.28. The van der Waals surface area contributed by atoms with Crippen molar-refractivity contribution in [3.05, 3.63) is 35.9 Å². The van der Waals surface area contributed by atoms with Gasteiger partial charge in [-0.25, -0.2) is 0 Å². The van der Waals surface area contributed by atoms with Crippen LogP contribution in [-0.4, -0.2) is 20.3 Å². The van der Waals surface area contributed by atoms with Gasteiger partial charge < -0.3 is 10.1 Å². The van der Waals surface area contributed by atoms with Crippen molar-refractivity contribution in [3.8, 4) is 0 Å². The fourth-order valence-electron chi connectivity index (χ4n) is 1.82. The molecule has 1 aliphatic rings. The molecule has 1 aliphatic heterocycles. The first-order valence-electron chi connectivity index (χ1n) is 4.69. The van der Waals surface area contributed by atoms with E-state index in [1.807, 2.05) is 6.07 Å². The van der Waals surface area contributed by atoms with Crippen LogP contribution >= 0.6 is 0 Å². The Balaban J connectivity index is 2.02. The fourth-order valence-corrected chi connectivity index (χ4v) is 1.82. The minimum Gasteiger partial charge on any atom is -0.384 e. The Kier molecular flexibility index (Phi) is 2.62. The molecule has 2 rings (SSSR count). The van der Waals surface area contributed by atoms with Crippen molar-refractivity contribution in [1.82, 2.24) is 5.32 Å². The average molecular weight is 177 g/mol. The van der Waals surface area contributed by atoms with Crippen molar-refractivity contribution in [2.75, 3.05) is 20.3 Å². The zero-order chi connectivity index (χ0) is 9.10. The van der Waals surface area contributed by atoms with Crippen LogP contribution in [0.15, 0.2) is 30.3 Å². The van der Waals surface area contributed by atoms with Gasteiger partial charge in [0.1, 0.15) is 0 Å². The molecule has 1 fully saturated rings. The van der Waals surface area contributed by atoms with Gasteiger partial charge in [-0.1, -0.05) is 30.3 Å². The van der Waals surface area contributed by atoms with Crippen LogP contribution in [0.2, 0.25) is 0 Å². The summed E-state index contributed by atoms with van der Waals surface area (Å²) in [5.41, 5.74) is 1.37. The lowest BCUT2D eigenvalue weighted by Crippen LogP contribution is -2.47. The van der Waals surface area contributed by atoms with Crippen molar-refractivity contribution in [2.24, 2.45) is 5.92 Å². The molecule has 0 aliphatic carbocycles. The van der Waals surface area contributed by atoms with E-state index in [1.165, 1.54) is 5.56 Å². The molecular weight excluding hydrogens is 162 g/mol. The van der Waals surface area contributed by atoms with E-state index in [9.17, 15) is 0 Å². The molecule has 1 aromatic carbocycles. The standard InChI is InChI=1S/C11H15NO/c1-13-8-10-7-12-11(10)9-5-3-2-4-6-9/h2-6,10-12H,7-8H2,1H3. The summed E-state index contributed by atoms with van der Waals surface area (Å²) in [6.45, 7) is 1.93. The van der Waals surface area contributed by atoms with Crippen LogP contribution < -0.4 is 5.32 Å². The van der Waals surface area contributed by atoms with Gasteiger partial charge in [-0.05, 0) is 5.56 Å². The van der Waals surface area contributed by atoms with E-state index in [4.69, 9.17) is 4.74 Å². The lowest BCUT2D eigenvalue weighted by molar-refractivity contribution is 0.0883. The van der Waals surface area contributed by atoms with Crippen molar-refractivity contribution in [2.45, 2.75) is 6.04 Å². The van der Waals surface area contributed by atoms with E-state index in [2.05, 4.69) is 29.6 Å². The lowest BCUT2D eigenvalue weighted by atomic mass is 9.87. The van der Waals surface area contributed by atoms with Crippen molar-refractivity contribution in [3.63, 3.8) is 0 Å². The highest BCUT2D eigenvalue weighted by Gasteiger charge is 2.30. The first-order chi connectivity index (χ1) is 6.42. The third-order valence-corrected chi connectivity index (χ3v) is 2.61. The van der Waals surface area contributed by atoms with Crippen LogP contribution in [0.1, 0.15) is 11.6 Å². The maximum atomic E-state index is 5.16. The summed E-state index contributed by atoms with van der Waals surface area (Å²) in [6, 6.07) is 11.0. The Labute approximate surface area is 78.9 Å². The van der Waals surface area contributed by atoms with E-state index < -0.39 is 0 Å². The highest BCUT2D eigenvalue weighted by molar-refractivity contribution is 5.22. The fraction of sp³-hybridized carbons (Fsp3) is 0.455. The molecule has 1 saturated heterocycles. The van der Waals surface area contributed by atoms with Crippen LogP contribution in [0.25, 0.3) is 0 Å². The Hall–Kier alpha value is -0.860. The molecule has 2 nitrogen and oxygen atoms in total. The molecule has 0 radical (unpaired) electrons. The SMILES string of the molecule is COCC1CNC1c1ccccc1. The first-order valence-corrected chi connectivity index (χ1v) is 4.69. The molecule has 2 unspecified atom stereocenters. The van der Waals surface area contributed by atoms with Crippen molar-refractivity contribution in [1.29, 1.82) is 0 Å². The molecule has 1 aromatic rings. The second-order valence-corrected chi connectivity index (χ2v) is 3.51. The van der Waals surface area contributed by atoms with Gasteiger partial charge in [0.15, 0.2) is 0 Å². The van der Waals surface area contributed by atoms with Gasteiger partial charge in [0.05, 0.1) is 6.61 Å². The summed E-state index contributed by atoms with van der Waals surface area (Å²) in [5.74, 6) is 0.646. The molecular formula is C11H15NO. The van der Waals surface area contributed by atoms with E-state index >= 15 is 0 Å². The molecule has 1 N–H and O–H groups in total. The largest absolute Gasteiger partial charge is 0.384 e. The predicted octanol–water partition coefficient (Wildman–Crippen LogP) is 1.59. The van der Waals surface area contributed by atoms with Gasteiger partial charge >= 0.3 is 0 Å².